The molecule has 0 saturated heterocycles. The van der Waals surface area contributed by atoms with Gasteiger partial charge < -0.3 is 5.32 Å². The van der Waals surface area contributed by atoms with Crippen LogP contribution in [0.2, 0.25) is 0 Å². The number of hydrogen-bond acceptors (Lipinski definition) is 7. The highest BCUT2D eigenvalue weighted by Crippen LogP contribution is 2.25. The Morgan fingerprint density at radius 1 is 1.23 bits per heavy atom. The SMILES string of the molecule is Cc1nsc(-c2cnn(C)c2C(=O)NC2CCn3nc(-c4ccccc4)nc3C2)n1. The first kappa shape index (κ1) is 18.6. The number of hydrogen-bond donors (Lipinski definition) is 1. The zero-order chi connectivity index (χ0) is 20.7. The first-order chi connectivity index (χ1) is 14.6. The zero-order valence-electron chi connectivity index (χ0n) is 16.6. The molecule has 1 N–H and O–H groups in total. The number of benzene rings is 1. The fourth-order valence-corrected chi connectivity index (χ4v) is 4.34. The highest BCUT2D eigenvalue weighted by Gasteiger charge is 2.27. The number of amides is 1. The number of aromatic nitrogens is 7. The van der Waals surface area contributed by atoms with E-state index in [0.717, 1.165) is 23.6 Å². The average Bonchev–Trinajstić information content (AvgIpc) is 3.46. The van der Waals surface area contributed by atoms with Gasteiger partial charge in [-0.2, -0.15) is 14.6 Å². The van der Waals surface area contributed by atoms with Gasteiger partial charge in [-0.1, -0.05) is 30.3 Å². The van der Waals surface area contributed by atoms with Crippen molar-refractivity contribution in [3.05, 3.63) is 53.9 Å². The minimum atomic E-state index is -0.167. The summed E-state index contributed by atoms with van der Waals surface area (Å²) in [6.45, 7) is 2.55. The van der Waals surface area contributed by atoms with Crippen LogP contribution >= 0.6 is 11.5 Å². The summed E-state index contributed by atoms with van der Waals surface area (Å²) in [5.74, 6) is 2.12. The van der Waals surface area contributed by atoms with Crippen LogP contribution < -0.4 is 5.32 Å². The fraction of sp³-hybridized carbons (Fsp3) is 0.300. The van der Waals surface area contributed by atoms with E-state index in [1.54, 1.807) is 17.9 Å². The van der Waals surface area contributed by atoms with Crippen molar-refractivity contribution in [3.63, 3.8) is 0 Å². The highest BCUT2D eigenvalue weighted by atomic mass is 32.1. The van der Waals surface area contributed by atoms with Crippen molar-refractivity contribution in [3.8, 4) is 22.0 Å². The largest absolute Gasteiger partial charge is 0.347 e. The summed E-state index contributed by atoms with van der Waals surface area (Å²) in [5, 5.41) is 12.7. The summed E-state index contributed by atoms with van der Waals surface area (Å²) in [4.78, 5) is 22.2. The molecule has 30 heavy (non-hydrogen) atoms. The Balaban J connectivity index is 1.34. The lowest BCUT2D eigenvalue weighted by atomic mass is 10.1. The minimum absolute atomic E-state index is 0.0169. The molecule has 152 valence electrons. The number of aryl methyl sites for hydroxylation is 3. The number of fused-ring (bicyclic) bond motifs is 1. The molecular weight excluding hydrogens is 400 g/mol. The van der Waals surface area contributed by atoms with E-state index < -0.39 is 0 Å². The zero-order valence-corrected chi connectivity index (χ0v) is 17.4. The summed E-state index contributed by atoms with van der Waals surface area (Å²) in [5.41, 5.74) is 2.18. The van der Waals surface area contributed by atoms with Crippen LogP contribution in [0.5, 0.6) is 0 Å². The third-order valence-corrected chi connectivity index (χ3v) is 5.99. The molecule has 10 heteroatoms. The predicted octanol–water partition coefficient (Wildman–Crippen LogP) is 2.25. The van der Waals surface area contributed by atoms with Crippen LogP contribution in [0.25, 0.3) is 22.0 Å². The van der Waals surface area contributed by atoms with Crippen LogP contribution in [-0.4, -0.2) is 45.9 Å². The van der Waals surface area contributed by atoms with Crippen molar-refractivity contribution in [1.82, 2.24) is 39.2 Å². The van der Waals surface area contributed by atoms with E-state index in [1.165, 1.54) is 11.5 Å². The molecule has 0 aliphatic carbocycles. The van der Waals surface area contributed by atoms with Crippen molar-refractivity contribution in [2.45, 2.75) is 32.4 Å². The maximum atomic E-state index is 13.1. The summed E-state index contributed by atoms with van der Waals surface area (Å²) in [6.07, 6.45) is 3.09. The molecule has 4 aromatic rings. The molecule has 9 nitrogen and oxygen atoms in total. The third-order valence-electron chi connectivity index (χ3n) is 5.15. The molecule has 1 aliphatic heterocycles. The van der Waals surface area contributed by atoms with Gasteiger partial charge in [-0.15, -0.1) is 0 Å². The molecule has 0 bridgehead atoms. The fourth-order valence-electron chi connectivity index (χ4n) is 3.66. The molecule has 1 aliphatic rings. The van der Waals surface area contributed by atoms with Gasteiger partial charge in [0.1, 0.15) is 22.4 Å². The van der Waals surface area contributed by atoms with Crippen LogP contribution in [-0.2, 0) is 20.0 Å². The molecule has 5 rings (SSSR count). The smallest absolute Gasteiger partial charge is 0.270 e. The standard InChI is InChI=1S/C20H20N8OS/c1-12-22-20(30-26-12)15-11-21-27(2)17(15)19(29)23-14-8-9-28-16(10-14)24-18(25-28)13-6-4-3-5-7-13/h3-7,11,14H,8-10H2,1-2H3,(H,23,29). The molecule has 1 amide bonds. The summed E-state index contributed by atoms with van der Waals surface area (Å²) < 4.78 is 7.73. The minimum Gasteiger partial charge on any atom is -0.347 e. The Morgan fingerprint density at radius 2 is 2.07 bits per heavy atom. The van der Waals surface area contributed by atoms with E-state index in [-0.39, 0.29) is 11.9 Å². The van der Waals surface area contributed by atoms with E-state index >= 15 is 0 Å². The van der Waals surface area contributed by atoms with Gasteiger partial charge in [0, 0.05) is 31.6 Å². The third kappa shape index (κ3) is 3.39. The van der Waals surface area contributed by atoms with Crippen molar-refractivity contribution in [2.24, 2.45) is 7.05 Å². The number of carbonyl (C=O) groups excluding carboxylic acids is 1. The van der Waals surface area contributed by atoms with Crippen LogP contribution in [0.1, 0.15) is 28.6 Å². The summed E-state index contributed by atoms with van der Waals surface area (Å²) in [7, 11) is 1.76. The maximum absolute atomic E-state index is 13.1. The van der Waals surface area contributed by atoms with Crippen molar-refractivity contribution < 1.29 is 4.79 Å². The first-order valence-electron chi connectivity index (χ1n) is 9.71. The molecule has 0 radical (unpaired) electrons. The van der Waals surface area contributed by atoms with Crippen LogP contribution in [0.15, 0.2) is 36.5 Å². The Morgan fingerprint density at radius 3 is 2.83 bits per heavy atom. The molecule has 3 aromatic heterocycles. The lowest BCUT2D eigenvalue weighted by molar-refractivity contribution is 0.0921. The highest BCUT2D eigenvalue weighted by molar-refractivity contribution is 7.09. The van der Waals surface area contributed by atoms with Gasteiger partial charge in [-0.25, -0.2) is 14.6 Å². The maximum Gasteiger partial charge on any atom is 0.270 e. The van der Waals surface area contributed by atoms with Gasteiger partial charge in [-0.05, 0) is 24.9 Å². The van der Waals surface area contributed by atoms with Crippen molar-refractivity contribution in [2.75, 3.05) is 0 Å². The Labute approximate surface area is 177 Å². The normalized spacial score (nSPS) is 15.7. The first-order valence-corrected chi connectivity index (χ1v) is 10.5. The van der Waals surface area contributed by atoms with E-state index in [0.29, 0.717) is 35.1 Å². The van der Waals surface area contributed by atoms with Gasteiger partial charge in [0.15, 0.2) is 5.82 Å². The molecule has 1 atom stereocenters. The lowest BCUT2D eigenvalue weighted by Crippen LogP contribution is -2.41. The Kier molecular flexibility index (Phi) is 4.62. The van der Waals surface area contributed by atoms with Crippen molar-refractivity contribution >= 4 is 17.4 Å². The second-order valence-corrected chi connectivity index (χ2v) is 8.03. The molecular formula is C20H20N8OS. The van der Waals surface area contributed by atoms with Gasteiger partial charge in [0.05, 0.1) is 11.8 Å². The molecule has 1 unspecified atom stereocenters. The van der Waals surface area contributed by atoms with E-state index in [1.807, 2.05) is 41.9 Å². The number of rotatable bonds is 4. The summed E-state index contributed by atoms with van der Waals surface area (Å²) in [6, 6.07) is 9.91. The quantitative estimate of drug-likeness (QED) is 0.543. The Bertz CT molecular complexity index is 1210. The monoisotopic (exact) mass is 420 g/mol. The van der Waals surface area contributed by atoms with E-state index in [4.69, 9.17) is 4.98 Å². The molecule has 0 saturated carbocycles. The molecule has 4 heterocycles. The molecule has 1 aromatic carbocycles. The van der Waals surface area contributed by atoms with Gasteiger partial charge >= 0.3 is 0 Å². The molecule has 0 fully saturated rings. The number of nitrogens with zero attached hydrogens (tertiary/aromatic N) is 7. The lowest BCUT2D eigenvalue weighted by Gasteiger charge is -2.23. The van der Waals surface area contributed by atoms with E-state index in [9.17, 15) is 4.79 Å². The second-order valence-electron chi connectivity index (χ2n) is 7.28. The van der Waals surface area contributed by atoms with E-state index in [2.05, 4.69) is 24.9 Å². The summed E-state index contributed by atoms with van der Waals surface area (Å²) >= 11 is 1.27. The average molecular weight is 421 g/mol. The van der Waals surface area contributed by atoms with Crippen LogP contribution in [0.3, 0.4) is 0 Å². The van der Waals surface area contributed by atoms with Gasteiger partial charge in [0.2, 0.25) is 0 Å². The van der Waals surface area contributed by atoms with Crippen LogP contribution in [0, 0.1) is 6.92 Å². The second kappa shape index (κ2) is 7.45. The number of nitrogens with one attached hydrogen (secondary N) is 1. The topological polar surface area (TPSA) is 103 Å². The number of carbonyl (C=O) groups is 1. The van der Waals surface area contributed by atoms with Crippen LogP contribution in [0.4, 0.5) is 0 Å². The predicted molar refractivity (Wildman–Crippen MR) is 112 cm³/mol. The van der Waals surface area contributed by atoms with Gasteiger partial charge in [-0.3, -0.25) is 9.48 Å². The Hall–Kier alpha value is -3.40. The van der Waals surface area contributed by atoms with Crippen molar-refractivity contribution in [1.29, 1.82) is 0 Å². The molecule has 0 spiro atoms. The van der Waals surface area contributed by atoms with Gasteiger partial charge in [0.25, 0.3) is 5.91 Å².